The van der Waals surface area contributed by atoms with Crippen LogP contribution >= 0.6 is 0 Å². The summed E-state index contributed by atoms with van der Waals surface area (Å²) >= 11 is 0. The molecule has 8 aromatic carbocycles. The molecule has 0 saturated carbocycles. The summed E-state index contributed by atoms with van der Waals surface area (Å²) in [5, 5.41) is 6.70. The number of hydrogen-bond donors (Lipinski definition) is 0. The molecule has 0 saturated heterocycles. The third kappa shape index (κ3) is 4.12. The van der Waals surface area contributed by atoms with E-state index in [0.717, 1.165) is 82.9 Å². The highest BCUT2D eigenvalue weighted by Gasteiger charge is 2.26. The van der Waals surface area contributed by atoms with Gasteiger partial charge < -0.3 is 13.4 Å². The summed E-state index contributed by atoms with van der Waals surface area (Å²) in [4.78, 5) is 0. The normalized spacial score (nSPS) is 11.9. The van der Waals surface area contributed by atoms with Crippen LogP contribution in [0.15, 0.2) is 185 Å². The van der Waals surface area contributed by atoms with Crippen molar-refractivity contribution >= 4 is 65.7 Å². The number of fused-ring (bicyclic) bond motifs is 10. The van der Waals surface area contributed by atoms with Gasteiger partial charge in [0.1, 0.15) is 22.3 Å². The van der Waals surface area contributed by atoms with E-state index in [0.29, 0.717) is 0 Å². The second-order valence-corrected chi connectivity index (χ2v) is 13.2. The smallest absolute Gasteiger partial charge is 0.147 e. The molecule has 0 aliphatic carbocycles. The molecule has 3 aromatic heterocycles. The minimum absolute atomic E-state index is 0.841. The van der Waals surface area contributed by atoms with Crippen LogP contribution in [0.1, 0.15) is 0 Å². The second kappa shape index (κ2) is 10.8. The van der Waals surface area contributed by atoms with Crippen molar-refractivity contribution in [2.45, 2.75) is 0 Å². The zero-order valence-corrected chi connectivity index (χ0v) is 27.5. The molecule has 0 fully saturated rings. The highest BCUT2D eigenvalue weighted by Crippen LogP contribution is 2.51. The van der Waals surface area contributed by atoms with Crippen LogP contribution in [0, 0.1) is 0 Å². The first kappa shape index (κ1) is 28.0. The van der Waals surface area contributed by atoms with E-state index in [-0.39, 0.29) is 0 Å². The van der Waals surface area contributed by atoms with Crippen molar-refractivity contribution in [2.75, 3.05) is 0 Å². The molecule has 0 amide bonds. The Kier molecular flexibility index (Phi) is 5.96. The number of nitrogens with zero attached hydrogens (tertiary/aromatic N) is 1. The molecule has 3 nitrogen and oxygen atoms in total. The van der Waals surface area contributed by atoms with Crippen molar-refractivity contribution in [1.29, 1.82) is 0 Å². The number of hydrogen-bond acceptors (Lipinski definition) is 2. The molecule has 11 rings (SSSR count). The number of benzene rings is 8. The molecule has 0 N–H and O–H groups in total. The Morgan fingerprint density at radius 2 is 0.882 bits per heavy atom. The van der Waals surface area contributed by atoms with E-state index in [9.17, 15) is 0 Å². The van der Waals surface area contributed by atoms with Crippen LogP contribution in [0.2, 0.25) is 0 Å². The SMILES string of the molecule is c1ccc(-c2c(-c3ccccc3)c3c4cc(-c5ccc6c(c5)c5ccccc5n6-c5ccccc5)ccc4oc3c3c2oc2ccccc23)cc1. The Bertz CT molecular complexity index is 3110. The predicted octanol–water partition coefficient (Wildman–Crippen LogP) is 13.6. The van der Waals surface area contributed by atoms with Gasteiger partial charge in [-0.05, 0) is 70.8 Å². The monoisotopic (exact) mass is 651 g/mol. The third-order valence-electron chi connectivity index (χ3n) is 10.4. The van der Waals surface area contributed by atoms with Crippen LogP contribution in [0.3, 0.4) is 0 Å². The van der Waals surface area contributed by atoms with Gasteiger partial charge in [0.2, 0.25) is 0 Å². The van der Waals surface area contributed by atoms with Crippen LogP contribution in [0.25, 0.3) is 105 Å². The van der Waals surface area contributed by atoms with Gasteiger partial charge in [0, 0.05) is 43.7 Å². The molecule has 0 bridgehead atoms. The zero-order valence-electron chi connectivity index (χ0n) is 27.5. The van der Waals surface area contributed by atoms with Gasteiger partial charge in [-0.2, -0.15) is 0 Å². The van der Waals surface area contributed by atoms with E-state index in [1.54, 1.807) is 0 Å². The molecular formula is C48H29NO2. The van der Waals surface area contributed by atoms with Crippen molar-refractivity contribution in [2.24, 2.45) is 0 Å². The molecule has 3 heterocycles. The first-order valence-electron chi connectivity index (χ1n) is 17.4. The fourth-order valence-electron chi connectivity index (χ4n) is 8.17. The number of rotatable bonds is 4. The summed E-state index contributed by atoms with van der Waals surface area (Å²) in [5.41, 5.74) is 13.6. The molecule has 0 aliphatic heterocycles. The largest absolute Gasteiger partial charge is 0.455 e. The summed E-state index contributed by atoms with van der Waals surface area (Å²) in [7, 11) is 0. The minimum atomic E-state index is 0.841. The first-order chi connectivity index (χ1) is 25.3. The Morgan fingerprint density at radius 3 is 1.65 bits per heavy atom. The standard InChI is InChI=1S/C48H29NO2/c1-4-14-30(15-5-1)43-44(31-16-6-2-7-17-31)47-46(36-21-11-13-23-41(36)50-47)48-45(43)38-29-33(25-27-42(38)51-48)32-24-26-40-37(28-32)35-20-10-12-22-39(35)49(40)34-18-8-3-9-19-34/h1-29H. The number of para-hydroxylation sites is 3. The second-order valence-electron chi connectivity index (χ2n) is 13.2. The summed E-state index contributed by atoms with van der Waals surface area (Å²) < 4.78 is 16.0. The van der Waals surface area contributed by atoms with Crippen LogP contribution in [0.4, 0.5) is 0 Å². The average molecular weight is 652 g/mol. The average Bonchev–Trinajstić information content (AvgIpc) is 3.87. The van der Waals surface area contributed by atoms with Crippen molar-refractivity contribution in [3.63, 3.8) is 0 Å². The molecule has 0 unspecified atom stereocenters. The van der Waals surface area contributed by atoms with Crippen molar-refractivity contribution in [3.05, 3.63) is 176 Å². The lowest BCUT2D eigenvalue weighted by molar-refractivity contribution is 0.663. The molecule has 0 atom stereocenters. The van der Waals surface area contributed by atoms with Gasteiger partial charge in [-0.15, -0.1) is 0 Å². The Hall–Kier alpha value is -6.84. The Labute approximate surface area is 293 Å². The van der Waals surface area contributed by atoms with E-state index in [1.807, 2.05) is 12.1 Å². The van der Waals surface area contributed by atoms with Crippen LogP contribution in [-0.2, 0) is 0 Å². The summed E-state index contributed by atoms with van der Waals surface area (Å²) in [6.07, 6.45) is 0. The van der Waals surface area contributed by atoms with Crippen LogP contribution in [0.5, 0.6) is 0 Å². The molecule has 0 radical (unpaired) electrons. The molecule has 3 heteroatoms. The summed E-state index contributed by atoms with van der Waals surface area (Å²) in [6, 6.07) is 62.3. The number of furan rings is 2. The lowest BCUT2D eigenvalue weighted by atomic mass is 9.88. The lowest BCUT2D eigenvalue weighted by Gasteiger charge is -2.13. The van der Waals surface area contributed by atoms with E-state index in [1.165, 1.54) is 21.8 Å². The fraction of sp³-hybridized carbons (Fsp3) is 0. The Balaban J connectivity index is 1.24. The number of aromatic nitrogens is 1. The topological polar surface area (TPSA) is 31.2 Å². The zero-order chi connectivity index (χ0) is 33.5. The lowest BCUT2D eigenvalue weighted by Crippen LogP contribution is -1.92. The van der Waals surface area contributed by atoms with E-state index < -0.39 is 0 Å². The molecule has 0 aliphatic rings. The van der Waals surface area contributed by atoms with Gasteiger partial charge in [0.15, 0.2) is 0 Å². The van der Waals surface area contributed by atoms with Crippen LogP contribution in [-0.4, -0.2) is 4.57 Å². The maximum atomic E-state index is 6.89. The minimum Gasteiger partial charge on any atom is -0.455 e. The highest BCUT2D eigenvalue weighted by molar-refractivity contribution is 6.31. The molecule has 51 heavy (non-hydrogen) atoms. The molecule has 11 aromatic rings. The van der Waals surface area contributed by atoms with E-state index in [4.69, 9.17) is 8.83 Å². The fourth-order valence-corrected chi connectivity index (χ4v) is 8.17. The maximum absolute atomic E-state index is 6.89. The molecular weight excluding hydrogens is 623 g/mol. The van der Waals surface area contributed by atoms with Gasteiger partial charge in [0.25, 0.3) is 0 Å². The molecule has 0 spiro atoms. The third-order valence-corrected chi connectivity index (χ3v) is 10.4. The van der Waals surface area contributed by atoms with Gasteiger partial charge >= 0.3 is 0 Å². The first-order valence-corrected chi connectivity index (χ1v) is 17.4. The van der Waals surface area contributed by atoms with Gasteiger partial charge in [0.05, 0.1) is 16.4 Å². The quantitative estimate of drug-likeness (QED) is 0.190. The summed E-state index contributed by atoms with van der Waals surface area (Å²) in [5.74, 6) is 0. The van der Waals surface area contributed by atoms with Crippen molar-refractivity contribution in [3.8, 4) is 39.1 Å². The predicted molar refractivity (Wildman–Crippen MR) is 212 cm³/mol. The Morgan fingerprint density at radius 1 is 0.333 bits per heavy atom. The van der Waals surface area contributed by atoms with Crippen molar-refractivity contribution < 1.29 is 8.83 Å². The highest BCUT2D eigenvalue weighted by atomic mass is 16.3. The van der Waals surface area contributed by atoms with Gasteiger partial charge in [-0.1, -0.05) is 127 Å². The van der Waals surface area contributed by atoms with Crippen molar-refractivity contribution in [1.82, 2.24) is 4.57 Å². The van der Waals surface area contributed by atoms with E-state index >= 15 is 0 Å². The van der Waals surface area contributed by atoms with Gasteiger partial charge in [-0.3, -0.25) is 0 Å². The maximum Gasteiger partial charge on any atom is 0.147 e. The van der Waals surface area contributed by atoms with Crippen LogP contribution < -0.4 is 0 Å². The summed E-state index contributed by atoms with van der Waals surface area (Å²) in [6.45, 7) is 0. The van der Waals surface area contributed by atoms with Gasteiger partial charge in [-0.25, -0.2) is 0 Å². The van der Waals surface area contributed by atoms with E-state index in [2.05, 4.69) is 168 Å². The molecule has 238 valence electrons.